The fourth-order valence-electron chi connectivity index (χ4n) is 9.90. The summed E-state index contributed by atoms with van der Waals surface area (Å²) >= 11 is 0. The molecule has 11 aromatic rings. The van der Waals surface area contributed by atoms with Gasteiger partial charge in [-0.05, 0) is 82.8 Å². The Kier molecular flexibility index (Phi) is 6.93. The minimum Gasteiger partial charge on any atom is -0.354 e. The molecule has 0 fully saturated rings. The largest absolute Gasteiger partial charge is 0.417 e. The summed E-state index contributed by atoms with van der Waals surface area (Å²) < 4.78 is 49.7. The zero-order valence-corrected chi connectivity index (χ0v) is 31.6. The normalized spacial score (nSPS) is 12.5. The number of nitriles is 2. The van der Waals surface area contributed by atoms with Crippen LogP contribution in [0.15, 0.2) is 152 Å². The number of nitrogens with one attached hydrogen (secondary N) is 1. The van der Waals surface area contributed by atoms with Gasteiger partial charge in [-0.25, -0.2) is 0 Å². The lowest BCUT2D eigenvalue weighted by Gasteiger charge is -2.21. The number of rotatable bonds is 3. The van der Waals surface area contributed by atoms with Gasteiger partial charge in [-0.3, -0.25) is 0 Å². The Morgan fingerprint density at radius 1 is 0.533 bits per heavy atom. The van der Waals surface area contributed by atoms with E-state index in [2.05, 4.69) is 68.7 Å². The molecule has 282 valence electrons. The first kappa shape index (κ1) is 34.0. The van der Waals surface area contributed by atoms with Crippen LogP contribution in [0.1, 0.15) is 27.8 Å². The first-order valence-electron chi connectivity index (χ1n) is 19.6. The van der Waals surface area contributed by atoms with Gasteiger partial charge in [0.15, 0.2) is 0 Å². The predicted octanol–water partition coefficient (Wildman–Crippen LogP) is 13.5. The van der Waals surface area contributed by atoms with Gasteiger partial charge in [-0.15, -0.1) is 0 Å². The summed E-state index contributed by atoms with van der Waals surface area (Å²) in [6.45, 7) is 0. The SMILES string of the molecule is N#Cc1ccc(-c2cc(-n3c4ccccc4c4ccc5c(c43)-c3ccccc3C5)c(C#N)c(-n3c4ccccc4c4ccc5[nH]c6ccccc6c5c43)c2)c(C(F)(F)F)c1. The third-order valence-electron chi connectivity index (χ3n) is 12.3. The van der Waals surface area contributed by atoms with E-state index in [1.165, 1.54) is 17.7 Å². The lowest BCUT2D eigenvalue weighted by molar-refractivity contribution is -0.137. The average molecular weight is 780 g/mol. The van der Waals surface area contributed by atoms with Gasteiger partial charge in [-0.2, -0.15) is 23.7 Å². The molecule has 0 aliphatic heterocycles. The summed E-state index contributed by atoms with van der Waals surface area (Å²) in [5, 5.41) is 27.1. The van der Waals surface area contributed by atoms with Crippen molar-refractivity contribution in [3.63, 3.8) is 0 Å². The van der Waals surface area contributed by atoms with Gasteiger partial charge in [0.2, 0.25) is 0 Å². The molecular weight excluding hydrogens is 752 g/mol. The third-order valence-corrected chi connectivity index (χ3v) is 12.3. The minimum atomic E-state index is -4.78. The number of alkyl halides is 3. The highest BCUT2D eigenvalue weighted by molar-refractivity contribution is 6.25. The summed E-state index contributed by atoms with van der Waals surface area (Å²) in [5.41, 5.74) is 9.95. The van der Waals surface area contributed by atoms with Crippen molar-refractivity contribution in [2.24, 2.45) is 0 Å². The van der Waals surface area contributed by atoms with E-state index in [9.17, 15) is 10.5 Å². The number of H-pyrrole nitrogens is 1. The van der Waals surface area contributed by atoms with E-state index in [0.717, 1.165) is 94.6 Å². The number of benzene rings is 8. The molecule has 0 bridgehead atoms. The van der Waals surface area contributed by atoms with Crippen molar-refractivity contribution in [2.45, 2.75) is 12.6 Å². The maximum atomic E-state index is 15.2. The van der Waals surface area contributed by atoms with Crippen LogP contribution in [0.3, 0.4) is 0 Å². The maximum Gasteiger partial charge on any atom is 0.417 e. The van der Waals surface area contributed by atoms with E-state index in [4.69, 9.17) is 0 Å². The van der Waals surface area contributed by atoms with Crippen molar-refractivity contribution in [3.05, 3.63) is 179 Å². The lowest BCUT2D eigenvalue weighted by Crippen LogP contribution is -2.09. The Labute approximate surface area is 340 Å². The summed E-state index contributed by atoms with van der Waals surface area (Å²) in [5.74, 6) is 0. The molecule has 5 nitrogen and oxygen atoms in total. The lowest BCUT2D eigenvalue weighted by atomic mass is 9.94. The van der Waals surface area contributed by atoms with E-state index in [0.29, 0.717) is 16.9 Å². The number of para-hydroxylation sites is 3. The number of aromatic amines is 1. The van der Waals surface area contributed by atoms with Crippen LogP contribution in [-0.2, 0) is 12.6 Å². The van der Waals surface area contributed by atoms with Crippen molar-refractivity contribution < 1.29 is 13.2 Å². The fraction of sp³-hybridized carbons (Fsp3) is 0.0385. The van der Waals surface area contributed by atoms with E-state index >= 15 is 13.2 Å². The van der Waals surface area contributed by atoms with Crippen molar-refractivity contribution in [2.75, 3.05) is 0 Å². The van der Waals surface area contributed by atoms with Crippen molar-refractivity contribution in [3.8, 4) is 45.8 Å². The van der Waals surface area contributed by atoms with Gasteiger partial charge in [0.05, 0.1) is 50.6 Å². The van der Waals surface area contributed by atoms with E-state index in [1.54, 1.807) is 12.1 Å². The predicted molar refractivity (Wildman–Crippen MR) is 233 cm³/mol. The van der Waals surface area contributed by atoms with Crippen molar-refractivity contribution in [1.82, 2.24) is 14.1 Å². The highest BCUT2D eigenvalue weighted by atomic mass is 19.4. The molecule has 0 unspecified atom stereocenters. The summed E-state index contributed by atoms with van der Waals surface area (Å²) in [7, 11) is 0. The average Bonchev–Trinajstić information content (AvgIpc) is 4.02. The molecule has 0 atom stereocenters. The van der Waals surface area contributed by atoms with Gasteiger partial charge in [-0.1, -0.05) is 103 Å². The zero-order valence-electron chi connectivity index (χ0n) is 31.6. The molecule has 0 amide bonds. The van der Waals surface area contributed by atoms with Crippen LogP contribution in [0.5, 0.6) is 0 Å². The molecule has 0 radical (unpaired) electrons. The van der Waals surface area contributed by atoms with Crippen LogP contribution in [0.25, 0.3) is 99.0 Å². The number of nitrogens with zero attached hydrogens (tertiary/aromatic N) is 4. The third kappa shape index (κ3) is 4.62. The van der Waals surface area contributed by atoms with Gasteiger partial charge >= 0.3 is 6.18 Å². The molecule has 3 aromatic heterocycles. The molecule has 0 saturated heterocycles. The second-order valence-corrected chi connectivity index (χ2v) is 15.5. The van der Waals surface area contributed by atoms with Crippen LogP contribution >= 0.6 is 0 Å². The van der Waals surface area contributed by atoms with E-state index in [1.807, 2.05) is 78.9 Å². The molecular formula is C52H28F3N5. The maximum absolute atomic E-state index is 15.2. The van der Waals surface area contributed by atoms with Gasteiger partial charge in [0.1, 0.15) is 11.6 Å². The molecule has 1 N–H and O–H groups in total. The van der Waals surface area contributed by atoms with Gasteiger partial charge in [0, 0.05) is 48.9 Å². The molecule has 0 saturated carbocycles. The number of halogens is 3. The first-order valence-corrected chi connectivity index (χ1v) is 19.6. The molecule has 3 heterocycles. The van der Waals surface area contributed by atoms with E-state index < -0.39 is 11.7 Å². The topological polar surface area (TPSA) is 73.2 Å². The van der Waals surface area contributed by atoms with Crippen LogP contribution in [0, 0.1) is 22.7 Å². The monoisotopic (exact) mass is 779 g/mol. The van der Waals surface area contributed by atoms with Crippen LogP contribution in [0.4, 0.5) is 13.2 Å². The van der Waals surface area contributed by atoms with Gasteiger partial charge in [0.25, 0.3) is 0 Å². The first-order chi connectivity index (χ1) is 29.3. The Balaban J connectivity index is 1.31. The minimum absolute atomic E-state index is 0.0946. The zero-order chi connectivity index (χ0) is 40.4. The van der Waals surface area contributed by atoms with Crippen LogP contribution < -0.4 is 0 Å². The summed E-state index contributed by atoms with van der Waals surface area (Å²) in [6, 6.07) is 52.4. The second kappa shape index (κ2) is 12.2. The van der Waals surface area contributed by atoms with Crippen LogP contribution in [0.2, 0.25) is 0 Å². The number of hydrogen-bond acceptors (Lipinski definition) is 2. The molecule has 1 aliphatic rings. The van der Waals surface area contributed by atoms with Crippen molar-refractivity contribution in [1.29, 1.82) is 10.5 Å². The van der Waals surface area contributed by atoms with E-state index in [-0.39, 0.29) is 16.7 Å². The highest BCUT2D eigenvalue weighted by Gasteiger charge is 2.35. The quantitative estimate of drug-likeness (QED) is 0.194. The standard InChI is InChI=1S/C52H28F3N5/c53-52(54,55)41-23-29(27-56)17-19-33(41)32-25-46(59-44-15-7-4-11-35(44)37-20-18-31-24-30-9-1-2-10-34(30)48(31)50(37)59)40(28-57)47(26-32)60-45-16-8-5-12-36(45)38-21-22-43-49(51(38)60)39-13-3-6-14-42(39)58-43/h1-23,25-26,58H,24H2. The van der Waals surface area contributed by atoms with Crippen molar-refractivity contribution >= 4 is 65.4 Å². The number of aromatic nitrogens is 3. The molecule has 60 heavy (non-hydrogen) atoms. The highest BCUT2D eigenvalue weighted by Crippen LogP contribution is 2.48. The molecule has 12 rings (SSSR count). The molecule has 8 aromatic carbocycles. The summed E-state index contributed by atoms with van der Waals surface area (Å²) in [6.07, 6.45) is -4.04. The number of fused-ring (bicyclic) bond motifs is 14. The fourth-order valence-corrected chi connectivity index (χ4v) is 9.90. The van der Waals surface area contributed by atoms with Crippen LogP contribution in [-0.4, -0.2) is 14.1 Å². The summed E-state index contributed by atoms with van der Waals surface area (Å²) in [4.78, 5) is 3.57. The molecule has 1 aliphatic carbocycles. The smallest absolute Gasteiger partial charge is 0.354 e. The molecule has 0 spiro atoms. The second-order valence-electron chi connectivity index (χ2n) is 15.5. The Hall–Kier alpha value is -8.07. The Morgan fingerprint density at radius 3 is 1.88 bits per heavy atom. The Morgan fingerprint density at radius 2 is 1.17 bits per heavy atom. The van der Waals surface area contributed by atoms with Gasteiger partial charge < -0.3 is 14.1 Å². The number of hydrogen-bond donors (Lipinski definition) is 1. The molecule has 8 heteroatoms. The Bertz CT molecular complexity index is 3770.